The molecule has 0 bridgehead atoms. The number of thiazole rings is 1. The van der Waals surface area contributed by atoms with E-state index in [4.69, 9.17) is 14.2 Å². The average Bonchev–Trinajstić information content (AvgIpc) is 3.34. The number of carbonyl (C=O) groups is 1. The SMILES string of the molecule is CCOc1ccc(-c2nc(C)c(C(=O)NC(C)c3ccc4c(c3)OCO4)s2)cc1. The lowest BCUT2D eigenvalue weighted by molar-refractivity contribution is 0.0943. The van der Waals surface area contributed by atoms with Crippen LogP contribution in [-0.4, -0.2) is 24.3 Å². The Kier molecular flexibility index (Phi) is 5.40. The van der Waals surface area contributed by atoms with E-state index in [-0.39, 0.29) is 18.7 Å². The topological polar surface area (TPSA) is 69.7 Å². The van der Waals surface area contributed by atoms with Gasteiger partial charge in [0.25, 0.3) is 5.91 Å². The molecule has 0 spiro atoms. The van der Waals surface area contributed by atoms with Crippen molar-refractivity contribution in [3.63, 3.8) is 0 Å². The molecule has 1 aromatic heterocycles. The van der Waals surface area contributed by atoms with Crippen molar-refractivity contribution in [3.8, 4) is 27.8 Å². The van der Waals surface area contributed by atoms with Crippen LogP contribution < -0.4 is 19.5 Å². The number of aromatic nitrogens is 1. The summed E-state index contributed by atoms with van der Waals surface area (Å²) in [5, 5.41) is 3.86. The van der Waals surface area contributed by atoms with Gasteiger partial charge >= 0.3 is 0 Å². The maximum absolute atomic E-state index is 12.9. The fourth-order valence-corrected chi connectivity index (χ4v) is 4.09. The normalized spacial score (nSPS) is 13.2. The van der Waals surface area contributed by atoms with Gasteiger partial charge in [0, 0.05) is 5.56 Å². The minimum Gasteiger partial charge on any atom is -0.494 e. The van der Waals surface area contributed by atoms with Crippen molar-refractivity contribution in [2.45, 2.75) is 26.8 Å². The molecule has 1 aliphatic rings. The van der Waals surface area contributed by atoms with Gasteiger partial charge in [0.05, 0.1) is 18.3 Å². The van der Waals surface area contributed by atoms with Crippen LogP contribution >= 0.6 is 11.3 Å². The number of nitrogens with one attached hydrogen (secondary N) is 1. The van der Waals surface area contributed by atoms with Gasteiger partial charge in [0.2, 0.25) is 6.79 Å². The molecule has 0 aliphatic carbocycles. The Morgan fingerprint density at radius 1 is 1.21 bits per heavy atom. The Morgan fingerprint density at radius 3 is 2.72 bits per heavy atom. The van der Waals surface area contributed by atoms with Crippen molar-refractivity contribution in [1.29, 1.82) is 0 Å². The van der Waals surface area contributed by atoms with Crippen LogP contribution in [0, 0.1) is 6.92 Å². The van der Waals surface area contributed by atoms with E-state index in [0.717, 1.165) is 27.6 Å². The highest BCUT2D eigenvalue weighted by Gasteiger charge is 2.20. The van der Waals surface area contributed by atoms with E-state index in [1.165, 1.54) is 11.3 Å². The number of hydrogen-bond donors (Lipinski definition) is 1. The number of carbonyl (C=O) groups excluding carboxylic acids is 1. The Morgan fingerprint density at radius 2 is 1.97 bits per heavy atom. The molecule has 1 unspecified atom stereocenters. The largest absolute Gasteiger partial charge is 0.494 e. The van der Waals surface area contributed by atoms with Gasteiger partial charge in [-0.15, -0.1) is 11.3 Å². The van der Waals surface area contributed by atoms with Gasteiger partial charge in [-0.3, -0.25) is 4.79 Å². The van der Waals surface area contributed by atoms with Crippen LogP contribution in [0.1, 0.15) is 40.8 Å². The van der Waals surface area contributed by atoms with Gasteiger partial charge in [-0.1, -0.05) is 6.07 Å². The second-order valence-electron chi connectivity index (χ2n) is 6.70. The highest BCUT2D eigenvalue weighted by molar-refractivity contribution is 7.17. The number of nitrogens with zero attached hydrogens (tertiary/aromatic N) is 1. The van der Waals surface area contributed by atoms with Crippen molar-refractivity contribution >= 4 is 17.2 Å². The third-order valence-corrected chi connectivity index (χ3v) is 5.86. The molecule has 0 saturated carbocycles. The average molecular weight is 410 g/mol. The lowest BCUT2D eigenvalue weighted by Gasteiger charge is -2.14. The lowest BCUT2D eigenvalue weighted by Crippen LogP contribution is -2.26. The summed E-state index contributed by atoms with van der Waals surface area (Å²) < 4.78 is 16.2. The summed E-state index contributed by atoms with van der Waals surface area (Å²) in [6.45, 7) is 6.61. The van der Waals surface area contributed by atoms with Crippen molar-refractivity contribution < 1.29 is 19.0 Å². The van der Waals surface area contributed by atoms with Crippen molar-refractivity contribution in [2.24, 2.45) is 0 Å². The van der Waals surface area contributed by atoms with Gasteiger partial charge < -0.3 is 19.5 Å². The fraction of sp³-hybridized carbons (Fsp3) is 0.273. The molecule has 1 aliphatic heterocycles. The van der Waals surface area contributed by atoms with E-state index in [1.807, 2.05) is 63.2 Å². The van der Waals surface area contributed by atoms with Gasteiger partial charge in [-0.2, -0.15) is 0 Å². The molecule has 29 heavy (non-hydrogen) atoms. The molecular weight excluding hydrogens is 388 g/mol. The van der Waals surface area contributed by atoms with E-state index < -0.39 is 0 Å². The number of benzene rings is 2. The summed E-state index contributed by atoms with van der Waals surface area (Å²) in [5.41, 5.74) is 2.63. The number of aryl methyl sites for hydroxylation is 1. The Balaban J connectivity index is 1.49. The molecule has 2 aromatic carbocycles. The van der Waals surface area contributed by atoms with Gasteiger partial charge in [-0.05, 0) is 62.7 Å². The van der Waals surface area contributed by atoms with E-state index in [0.29, 0.717) is 22.9 Å². The molecule has 4 rings (SSSR count). The standard InChI is InChI=1S/C22H22N2O4S/c1-4-26-17-8-5-15(6-9-17)22-24-14(3)20(29-22)21(25)23-13(2)16-7-10-18-19(11-16)28-12-27-18/h5-11,13H,4,12H2,1-3H3,(H,23,25). The van der Waals surface area contributed by atoms with Crippen LogP contribution in [0.25, 0.3) is 10.6 Å². The number of ether oxygens (including phenoxy) is 3. The zero-order valence-electron chi connectivity index (χ0n) is 16.5. The molecule has 7 heteroatoms. The van der Waals surface area contributed by atoms with Crippen LogP contribution in [-0.2, 0) is 0 Å². The van der Waals surface area contributed by atoms with Crippen LogP contribution in [0.2, 0.25) is 0 Å². The quantitative estimate of drug-likeness (QED) is 0.636. The van der Waals surface area contributed by atoms with E-state index in [2.05, 4.69) is 10.3 Å². The molecule has 0 saturated heterocycles. The molecule has 6 nitrogen and oxygen atoms in total. The van der Waals surface area contributed by atoms with Crippen molar-refractivity contribution in [1.82, 2.24) is 10.3 Å². The molecule has 1 atom stereocenters. The molecule has 150 valence electrons. The summed E-state index contributed by atoms with van der Waals surface area (Å²) in [6, 6.07) is 13.3. The predicted octanol–water partition coefficient (Wildman–Crippen LogP) is 4.74. The number of hydrogen-bond acceptors (Lipinski definition) is 6. The summed E-state index contributed by atoms with van der Waals surface area (Å²) in [6.07, 6.45) is 0. The fourth-order valence-electron chi connectivity index (χ4n) is 3.12. The number of rotatable bonds is 6. The Labute approximate surface area is 173 Å². The van der Waals surface area contributed by atoms with E-state index in [9.17, 15) is 4.79 Å². The van der Waals surface area contributed by atoms with Gasteiger partial charge in [0.15, 0.2) is 11.5 Å². The predicted molar refractivity (Wildman–Crippen MR) is 112 cm³/mol. The molecular formula is C22H22N2O4S. The third kappa shape index (κ3) is 4.05. The first kappa shape index (κ1) is 19.3. The minimum atomic E-state index is -0.174. The van der Waals surface area contributed by atoms with Crippen LogP contribution in [0.4, 0.5) is 0 Å². The summed E-state index contributed by atoms with van der Waals surface area (Å²) in [4.78, 5) is 18.0. The number of amides is 1. The van der Waals surface area contributed by atoms with Crippen LogP contribution in [0.15, 0.2) is 42.5 Å². The zero-order valence-corrected chi connectivity index (χ0v) is 17.3. The highest BCUT2D eigenvalue weighted by atomic mass is 32.1. The van der Waals surface area contributed by atoms with Gasteiger partial charge in [0.1, 0.15) is 15.6 Å². The first-order valence-electron chi connectivity index (χ1n) is 9.46. The van der Waals surface area contributed by atoms with Crippen LogP contribution in [0.3, 0.4) is 0 Å². The van der Waals surface area contributed by atoms with Gasteiger partial charge in [-0.25, -0.2) is 4.98 Å². The maximum atomic E-state index is 12.9. The van der Waals surface area contributed by atoms with E-state index >= 15 is 0 Å². The molecule has 0 radical (unpaired) electrons. The smallest absolute Gasteiger partial charge is 0.263 e. The lowest BCUT2D eigenvalue weighted by atomic mass is 10.1. The van der Waals surface area contributed by atoms with Crippen molar-refractivity contribution in [2.75, 3.05) is 13.4 Å². The second-order valence-corrected chi connectivity index (χ2v) is 7.70. The molecule has 1 amide bonds. The molecule has 1 N–H and O–H groups in total. The maximum Gasteiger partial charge on any atom is 0.263 e. The second kappa shape index (κ2) is 8.13. The minimum absolute atomic E-state index is 0.137. The molecule has 2 heterocycles. The van der Waals surface area contributed by atoms with Crippen LogP contribution in [0.5, 0.6) is 17.2 Å². The summed E-state index contributed by atoms with van der Waals surface area (Å²) in [5.74, 6) is 2.11. The summed E-state index contributed by atoms with van der Waals surface area (Å²) in [7, 11) is 0. The molecule has 3 aromatic rings. The zero-order chi connectivity index (χ0) is 20.4. The Hall–Kier alpha value is -3.06. The monoisotopic (exact) mass is 410 g/mol. The highest BCUT2D eigenvalue weighted by Crippen LogP contribution is 2.34. The third-order valence-electron chi connectivity index (χ3n) is 4.66. The number of fused-ring (bicyclic) bond motifs is 1. The Bertz CT molecular complexity index is 1030. The van der Waals surface area contributed by atoms with Crippen molar-refractivity contribution in [3.05, 3.63) is 58.6 Å². The molecule has 0 fully saturated rings. The summed E-state index contributed by atoms with van der Waals surface area (Å²) >= 11 is 1.39. The first-order chi connectivity index (χ1) is 14.0. The first-order valence-corrected chi connectivity index (χ1v) is 10.3. The van der Waals surface area contributed by atoms with E-state index in [1.54, 1.807) is 0 Å².